The monoisotopic (exact) mass is 204 g/mol. The van der Waals surface area contributed by atoms with Crippen LogP contribution >= 0.6 is 0 Å². The van der Waals surface area contributed by atoms with Gasteiger partial charge >= 0.3 is 0 Å². The number of rotatable bonds is 3. The Morgan fingerprint density at radius 3 is 3.00 bits per heavy atom. The largest absolute Gasteiger partial charge is 0.335 e. The van der Waals surface area contributed by atoms with E-state index in [0.717, 1.165) is 6.42 Å². The number of aromatic nitrogens is 1. The van der Waals surface area contributed by atoms with Crippen molar-refractivity contribution >= 4 is 11.7 Å². The van der Waals surface area contributed by atoms with Gasteiger partial charge in [0.05, 0.1) is 6.54 Å². The first-order valence-electron chi connectivity index (χ1n) is 4.98. The quantitative estimate of drug-likeness (QED) is 0.687. The van der Waals surface area contributed by atoms with Crippen molar-refractivity contribution in [1.82, 2.24) is 9.88 Å². The lowest BCUT2D eigenvalue weighted by Gasteiger charge is -2.13. The van der Waals surface area contributed by atoms with Crippen molar-refractivity contribution in [3.05, 3.63) is 30.1 Å². The molecule has 0 N–H and O–H groups in total. The molecule has 2 rings (SSSR count). The molecule has 0 saturated carbocycles. The summed E-state index contributed by atoms with van der Waals surface area (Å²) in [6.07, 6.45) is 4.58. The third-order valence-electron chi connectivity index (χ3n) is 2.49. The van der Waals surface area contributed by atoms with Crippen LogP contribution in [0.1, 0.15) is 23.2 Å². The Morgan fingerprint density at radius 2 is 2.40 bits per heavy atom. The van der Waals surface area contributed by atoms with Gasteiger partial charge in [-0.2, -0.15) is 0 Å². The maximum absolute atomic E-state index is 11.7. The second-order valence-corrected chi connectivity index (χ2v) is 3.58. The molecule has 1 fully saturated rings. The van der Waals surface area contributed by atoms with E-state index in [9.17, 15) is 9.59 Å². The highest BCUT2D eigenvalue weighted by Crippen LogP contribution is 2.10. The highest BCUT2D eigenvalue weighted by atomic mass is 16.2. The number of carbonyl (C=O) groups is 2. The first-order chi connectivity index (χ1) is 7.27. The number of carbonyl (C=O) groups excluding carboxylic acids is 2. The lowest BCUT2D eigenvalue weighted by atomic mass is 10.2. The standard InChI is InChI=1S/C11H12N2O2/c14-10(9-3-1-5-12-7-9)8-13-6-2-4-11(13)15/h1,3,5,7H,2,4,6,8H2. The predicted octanol–water partition coefficient (Wildman–Crippen LogP) is 0.887. The first kappa shape index (κ1) is 9.83. The van der Waals surface area contributed by atoms with Crippen LogP contribution in [0.5, 0.6) is 0 Å². The molecule has 0 radical (unpaired) electrons. The number of likely N-dealkylation sites (tertiary alicyclic amines) is 1. The number of amides is 1. The van der Waals surface area contributed by atoms with Gasteiger partial charge in [0.15, 0.2) is 5.78 Å². The van der Waals surface area contributed by atoms with Crippen LogP contribution in [0.2, 0.25) is 0 Å². The molecule has 1 amide bonds. The topological polar surface area (TPSA) is 50.3 Å². The van der Waals surface area contributed by atoms with Crippen LogP contribution in [-0.4, -0.2) is 34.7 Å². The van der Waals surface area contributed by atoms with Gasteiger partial charge in [0, 0.05) is 30.9 Å². The van der Waals surface area contributed by atoms with Gasteiger partial charge in [0.2, 0.25) is 5.91 Å². The zero-order chi connectivity index (χ0) is 10.7. The van der Waals surface area contributed by atoms with Crippen molar-refractivity contribution in [1.29, 1.82) is 0 Å². The minimum atomic E-state index is -0.0432. The maximum Gasteiger partial charge on any atom is 0.223 e. The SMILES string of the molecule is O=C(CN1CCCC1=O)c1cccnc1. The molecule has 1 aliphatic heterocycles. The molecule has 4 heteroatoms. The van der Waals surface area contributed by atoms with Crippen molar-refractivity contribution in [3.63, 3.8) is 0 Å². The van der Waals surface area contributed by atoms with E-state index in [-0.39, 0.29) is 18.2 Å². The van der Waals surface area contributed by atoms with Crippen LogP contribution in [0.25, 0.3) is 0 Å². The molecule has 0 bridgehead atoms. The molecule has 1 aromatic rings. The average molecular weight is 204 g/mol. The van der Waals surface area contributed by atoms with E-state index in [1.54, 1.807) is 23.2 Å². The lowest BCUT2D eigenvalue weighted by Crippen LogP contribution is -2.30. The summed E-state index contributed by atoms with van der Waals surface area (Å²) in [4.78, 5) is 28.5. The van der Waals surface area contributed by atoms with Gasteiger partial charge in [0.25, 0.3) is 0 Å². The fourth-order valence-electron chi connectivity index (χ4n) is 1.66. The summed E-state index contributed by atoms with van der Waals surface area (Å²) in [6, 6.07) is 3.44. The van der Waals surface area contributed by atoms with Gasteiger partial charge in [-0.15, -0.1) is 0 Å². The smallest absolute Gasteiger partial charge is 0.223 e. The molecule has 1 saturated heterocycles. The van der Waals surface area contributed by atoms with Crippen LogP contribution in [0, 0.1) is 0 Å². The number of hydrogen-bond acceptors (Lipinski definition) is 3. The van der Waals surface area contributed by atoms with Crippen LogP contribution in [0.15, 0.2) is 24.5 Å². The van der Waals surface area contributed by atoms with Crippen molar-refractivity contribution in [2.24, 2.45) is 0 Å². The van der Waals surface area contributed by atoms with Crippen LogP contribution in [-0.2, 0) is 4.79 Å². The van der Waals surface area contributed by atoms with E-state index in [4.69, 9.17) is 0 Å². The van der Waals surface area contributed by atoms with Crippen molar-refractivity contribution in [3.8, 4) is 0 Å². The van der Waals surface area contributed by atoms with E-state index in [1.807, 2.05) is 0 Å². The van der Waals surface area contributed by atoms with E-state index in [1.165, 1.54) is 6.20 Å². The molecule has 0 spiro atoms. The van der Waals surface area contributed by atoms with Crippen LogP contribution in [0.4, 0.5) is 0 Å². The van der Waals surface area contributed by atoms with Crippen LogP contribution < -0.4 is 0 Å². The van der Waals surface area contributed by atoms with Gasteiger partial charge in [0.1, 0.15) is 0 Å². The van der Waals surface area contributed by atoms with Gasteiger partial charge in [-0.1, -0.05) is 0 Å². The highest BCUT2D eigenvalue weighted by Gasteiger charge is 2.22. The Bertz CT molecular complexity index is 375. The fraction of sp³-hybridized carbons (Fsp3) is 0.364. The van der Waals surface area contributed by atoms with E-state index in [0.29, 0.717) is 18.5 Å². The van der Waals surface area contributed by atoms with E-state index in [2.05, 4.69) is 4.98 Å². The van der Waals surface area contributed by atoms with Crippen molar-refractivity contribution < 1.29 is 9.59 Å². The number of pyridine rings is 1. The summed E-state index contributed by atoms with van der Waals surface area (Å²) in [7, 11) is 0. The van der Waals surface area contributed by atoms with Crippen LogP contribution in [0.3, 0.4) is 0 Å². The third-order valence-corrected chi connectivity index (χ3v) is 2.49. The molecule has 0 aromatic carbocycles. The molecular formula is C11H12N2O2. The first-order valence-corrected chi connectivity index (χ1v) is 4.98. The predicted molar refractivity (Wildman–Crippen MR) is 54.4 cm³/mol. The Hall–Kier alpha value is -1.71. The number of hydrogen-bond donors (Lipinski definition) is 0. The Labute approximate surface area is 87.9 Å². The molecule has 4 nitrogen and oxygen atoms in total. The van der Waals surface area contributed by atoms with Gasteiger partial charge < -0.3 is 4.90 Å². The van der Waals surface area contributed by atoms with E-state index < -0.39 is 0 Å². The van der Waals surface area contributed by atoms with Crippen molar-refractivity contribution in [2.75, 3.05) is 13.1 Å². The fourth-order valence-corrected chi connectivity index (χ4v) is 1.66. The zero-order valence-electron chi connectivity index (χ0n) is 8.35. The molecule has 0 unspecified atom stereocenters. The summed E-state index contributed by atoms with van der Waals surface area (Å²) in [5.41, 5.74) is 0.567. The maximum atomic E-state index is 11.7. The molecule has 0 aliphatic carbocycles. The van der Waals surface area contributed by atoms with E-state index >= 15 is 0 Å². The lowest BCUT2D eigenvalue weighted by molar-refractivity contribution is -0.127. The molecular weight excluding hydrogens is 192 g/mol. The summed E-state index contributed by atoms with van der Waals surface area (Å²) in [6.45, 7) is 0.884. The molecule has 15 heavy (non-hydrogen) atoms. The van der Waals surface area contributed by atoms with Gasteiger partial charge in [-0.3, -0.25) is 14.6 Å². The zero-order valence-corrected chi connectivity index (χ0v) is 8.35. The molecule has 0 atom stereocenters. The number of Topliss-reactive ketones (excluding diaryl/α,β-unsaturated/α-hetero) is 1. The molecule has 78 valence electrons. The average Bonchev–Trinajstić information content (AvgIpc) is 2.66. The molecule has 2 heterocycles. The summed E-state index contributed by atoms with van der Waals surface area (Å²) < 4.78 is 0. The minimum Gasteiger partial charge on any atom is -0.335 e. The van der Waals surface area contributed by atoms with Crippen molar-refractivity contribution in [2.45, 2.75) is 12.8 Å². The van der Waals surface area contributed by atoms with Gasteiger partial charge in [-0.25, -0.2) is 0 Å². The number of ketones is 1. The Kier molecular flexibility index (Phi) is 2.76. The Balaban J connectivity index is 2.01. The molecule has 1 aromatic heterocycles. The van der Waals surface area contributed by atoms with Gasteiger partial charge in [-0.05, 0) is 18.6 Å². The number of nitrogens with zero attached hydrogens (tertiary/aromatic N) is 2. The normalized spacial score (nSPS) is 15.7. The molecule has 1 aliphatic rings. The second-order valence-electron chi connectivity index (χ2n) is 3.58. The summed E-state index contributed by atoms with van der Waals surface area (Å²) in [5, 5.41) is 0. The summed E-state index contributed by atoms with van der Waals surface area (Å²) >= 11 is 0. The third kappa shape index (κ3) is 2.21. The Morgan fingerprint density at radius 1 is 1.53 bits per heavy atom. The minimum absolute atomic E-state index is 0.0432. The highest BCUT2D eigenvalue weighted by molar-refractivity contribution is 5.99. The summed E-state index contributed by atoms with van der Waals surface area (Å²) in [5.74, 6) is 0.0330. The second kappa shape index (κ2) is 4.21.